The van der Waals surface area contributed by atoms with Crippen molar-refractivity contribution in [3.63, 3.8) is 0 Å². The Hall–Kier alpha value is -1.09. The summed E-state index contributed by atoms with van der Waals surface area (Å²) < 4.78 is 2.05. The molecule has 0 amide bonds. The molecule has 0 N–H and O–H groups in total. The SMILES string of the molecule is Cn1ccnc1-c1cc(C(C)(C)C)cs1. The van der Waals surface area contributed by atoms with E-state index >= 15 is 0 Å². The zero-order chi connectivity index (χ0) is 11.1. The zero-order valence-corrected chi connectivity index (χ0v) is 10.4. The van der Waals surface area contributed by atoms with Gasteiger partial charge >= 0.3 is 0 Å². The third-order valence-electron chi connectivity index (χ3n) is 2.51. The molecule has 0 fully saturated rings. The molecule has 2 nitrogen and oxygen atoms in total. The summed E-state index contributed by atoms with van der Waals surface area (Å²) in [5, 5.41) is 2.23. The van der Waals surface area contributed by atoms with Gasteiger partial charge in [0.15, 0.2) is 0 Å². The van der Waals surface area contributed by atoms with Crippen LogP contribution in [-0.4, -0.2) is 9.55 Å². The molecule has 2 rings (SSSR count). The van der Waals surface area contributed by atoms with Crippen LogP contribution in [0.25, 0.3) is 10.7 Å². The normalized spacial score (nSPS) is 12.0. The molecule has 3 heteroatoms. The van der Waals surface area contributed by atoms with Gasteiger partial charge < -0.3 is 4.57 Å². The first kappa shape index (κ1) is 10.4. The largest absolute Gasteiger partial charge is 0.333 e. The fraction of sp³-hybridized carbons (Fsp3) is 0.417. The van der Waals surface area contributed by atoms with E-state index in [0.29, 0.717) is 0 Å². The van der Waals surface area contributed by atoms with Gasteiger partial charge in [0, 0.05) is 19.4 Å². The molecule has 0 bridgehead atoms. The van der Waals surface area contributed by atoms with Gasteiger partial charge in [-0.05, 0) is 22.4 Å². The van der Waals surface area contributed by atoms with E-state index in [1.54, 1.807) is 11.3 Å². The maximum absolute atomic E-state index is 4.35. The van der Waals surface area contributed by atoms with Crippen LogP contribution in [0.3, 0.4) is 0 Å². The average Bonchev–Trinajstić information content (AvgIpc) is 2.69. The van der Waals surface area contributed by atoms with Gasteiger partial charge in [-0.15, -0.1) is 11.3 Å². The number of hydrogen-bond donors (Lipinski definition) is 0. The second-order valence-corrected chi connectivity index (χ2v) is 5.72. The average molecular weight is 220 g/mol. The smallest absolute Gasteiger partial charge is 0.149 e. The minimum Gasteiger partial charge on any atom is -0.333 e. The maximum Gasteiger partial charge on any atom is 0.149 e. The molecular weight excluding hydrogens is 204 g/mol. The molecule has 0 aliphatic carbocycles. The standard InChI is InChI=1S/C12H16N2S/c1-12(2,3)9-7-10(15-8-9)11-13-5-6-14(11)4/h5-8H,1-4H3. The van der Waals surface area contributed by atoms with E-state index in [4.69, 9.17) is 0 Å². The highest BCUT2D eigenvalue weighted by atomic mass is 32.1. The number of nitrogens with zero attached hydrogens (tertiary/aromatic N) is 2. The van der Waals surface area contributed by atoms with E-state index in [1.165, 1.54) is 10.4 Å². The number of aromatic nitrogens is 2. The van der Waals surface area contributed by atoms with Crippen molar-refractivity contribution in [2.24, 2.45) is 7.05 Å². The molecule has 0 aliphatic heterocycles. The van der Waals surface area contributed by atoms with Crippen molar-refractivity contribution in [1.82, 2.24) is 9.55 Å². The Morgan fingerprint density at radius 2 is 2.07 bits per heavy atom. The molecule has 0 aromatic carbocycles. The zero-order valence-electron chi connectivity index (χ0n) is 9.61. The van der Waals surface area contributed by atoms with Gasteiger partial charge in [0.1, 0.15) is 5.82 Å². The highest BCUT2D eigenvalue weighted by molar-refractivity contribution is 7.13. The van der Waals surface area contributed by atoms with Crippen molar-refractivity contribution < 1.29 is 0 Å². The van der Waals surface area contributed by atoms with Gasteiger partial charge in [-0.2, -0.15) is 0 Å². The summed E-state index contributed by atoms with van der Waals surface area (Å²) in [5.74, 6) is 1.05. The molecule has 0 saturated heterocycles. The third-order valence-corrected chi connectivity index (χ3v) is 3.43. The topological polar surface area (TPSA) is 17.8 Å². The fourth-order valence-electron chi connectivity index (χ4n) is 1.45. The molecular formula is C12H16N2S. The van der Waals surface area contributed by atoms with Crippen LogP contribution in [-0.2, 0) is 12.5 Å². The lowest BCUT2D eigenvalue weighted by Gasteiger charge is -2.15. The minimum atomic E-state index is 0.222. The summed E-state index contributed by atoms with van der Waals surface area (Å²) in [6, 6.07) is 2.24. The maximum atomic E-state index is 4.35. The second kappa shape index (κ2) is 3.49. The summed E-state index contributed by atoms with van der Waals surface area (Å²) in [4.78, 5) is 5.60. The lowest BCUT2D eigenvalue weighted by Crippen LogP contribution is -2.08. The Labute approximate surface area is 94.6 Å². The number of aryl methyl sites for hydroxylation is 1. The van der Waals surface area contributed by atoms with Gasteiger partial charge in [-0.1, -0.05) is 20.8 Å². The highest BCUT2D eigenvalue weighted by Gasteiger charge is 2.16. The quantitative estimate of drug-likeness (QED) is 0.719. The van der Waals surface area contributed by atoms with Gasteiger partial charge in [-0.3, -0.25) is 0 Å². The lowest BCUT2D eigenvalue weighted by atomic mass is 9.89. The molecule has 0 spiro atoms. The Morgan fingerprint density at radius 1 is 1.33 bits per heavy atom. The summed E-state index contributed by atoms with van der Waals surface area (Å²) in [5.41, 5.74) is 1.60. The highest BCUT2D eigenvalue weighted by Crippen LogP contribution is 2.32. The Morgan fingerprint density at radius 3 is 2.53 bits per heavy atom. The number of hydrogen-bond acceptors (Lipinski definition) is 2. The van der Waals surface area contributed by atoms with E-state index in [2.05, 4.69) is 41.8 Å². The van der Waals surface area contributed by atoms with Crippen LogP contribution in [0.1, 0.15) is 26.3 Å². The van der Waals surface area contributed by atoms with Crippen molar-refractivity contribution in [3.05, 3.63) is 29.4 Å². The Balaban J connectivity index is 2.41. The summed E-state index contributed by atoms with van der Waals surface area (Å²) in [6.45, 7) is 6.70. The van der Waals surface area contributed by atoms with E-state index in [-0.39, 0.29) is 5.41 Å². The van der Waals surface area contributed by atoms with E-state index in [9.17, 15) is 0 Å². The van der Waals surface area contributed by atoms with Gasteiger partial charge in [0.2, 0.25) is 0 Å². The molecule has 15 heavy (non-hydrogen) atoms. The second-order valence-electron chi connectivity index (χ2n) is 4.81. The molecule has 0 unspecified atom stereocenters. The molecule has 2 aromatic rings. The minimum absolute atomic E-state index is 0.222. The van der Waals surface area contributed by atoms with Crippen LogP contribution < -0.4 is 0 Å². The number of thiophene rings is 1. The van der Waals surface area contributed by atoms with Crippen molar-refractivity contribution >= 4 is 11.3 Å². The first-order valence-corrected chi connectivity index (χ1v) is 5.93. The van der Waals surface area contributed by atoms with E-state index in [0.717, 1.165) is 5.82 Å². The first-order chi connectivity index (χ1) is 6.98. The molecule has 80 valence electrons. The predicted octanol–water partition coefficient (Wildman–Crippen LogP) is 3.45. The predicted molar refractivity (Wildman–Crippen MR) is 65.2 cm³/mol. The van der Waals surface area contributed by atoms with Gasteiger partial charge in [0.25, 0.3) is 0 Å². The van der Waals surface area contributed by atoms with Gasteiger partial charge in [-0.25, -0.2) is 4.98 Å². The Kier molecular flexibility index (Phi) is 2.43. The van der Waals surface area contributed by atoms with Crippen molar-refractivity contribution in [3.8, 4) is 10.7 Å². The molecule has 2 heterocycles. The van der Waals surface area contributed by atoms with Crippen LogP contribution in [0, 0.1) is 0 Å². The third kappa shape index (κ3) is 1.97. The summed E-state index contributed by atoms with van der Waals surface area (Å²) in [7, 11) is 2.03. The van der Waals surface area contributed by atoms with Crippen molar-refractivity contribution in [1.29, 1.82) is 0 Å². The number of rotatable bonds is 1. The lowest BCUT2D eigenvalue weighted by molar-refractivity contribution is 0.593. The van der Waals surface area contributed by atoms with Crippen LogP contribution in [0.2, 0.25) is 0 Å². The molecule has 2 aromatic heterocycles. The van der Waals surface area contributed by atoms with Crippen molar-refractivity contribution in [2.75, 3.05) is 0 Å². The molecule has 0 aliphatic rings. The van der Waals surface area contributed by atoms with Crippen LogP contribution >= 0.6 is 11.3 Å². The first-order valence-electron chi connectivity index (χ1n) is 5.05. The van der Waals surface area contributed by atoms with Gasteiger partial charge in [0.05, 0.1) is 4.88 Å². The fourth-order valence-corrected chi connectivity index (χ4v) is 2.62. The summed E-state index contributed by atoms with van der Waals surface area (Å²) >= 11 is 1.76. The van der Waals surface area contributed by atoms with E-state index in [1.807, 2.05) is 19.4 Å². The number of imidazole rings is 1. The van der Waals surface area contributed by atoms with Crippen LogP contribution in [0.15, 0.2) is 23.8 Å². The van der Waals surface area contributed by atoms with Crippen LogP contribution in [0.5, 0.6) is 0 Å². The van der Waals surface area contributed by atoms with E-state index < -0.39 is 0 Å². The molecule has 0 atom stereocenters. The summed E-state index contributed by atoms with van der Waals surface area (Å²) in [6.07, 6.45) is 3.82. The Bertz CT molecular complexity index is 460. The van der Waals surface area contributed by atoms with Crippen molar-refractivity contribution in [2.45, 2.75) is 26.2 Å². The monoisotopic (exact) mass is 220 g/mol. The van der Waals surface area contributed by atoms with Crippen LogP contribution in [0.4, 0.5) is 0 Å². The molecule has 0 saturated carbocycles. The molecule has 0 radical (unpaired) electrons.